The molecule has 0 saturated carbocycles. The van der Waals surface area contributed by atoms with E-state index in [9.17, 15) is 14.4 Å². The highest BCUT2D eigenvalue weighted by molar-refractivity contribution is 6.31. The molecule has 0 spiro atoms. The highest BCUT2D eigenvalue weighted by Gasteiger charge is 2.11. The van der Waals surface area contributed by atoms with Gasteiger partial charge in [-0.1, -0.05) is 41.9 Å². The number of hydrogen-bond donors (Lipinski definition) is 4. The summed E-state index contributed by atoms with van der Waals surface area (Å²) in [6.45, 7) is 0.0763. The molecule has 2 aromatic rings. The van der Waals surface area contributed by atoms with Gasteiger partial charge in [0.15, 0.2) is 0 Å². The average Bonchev–Trinajstić information content (AvgIpc) is 2.59. The van der Waals surface area contributed by atoms with Crippen molar-refractivity contribution in [1.82, 2.24) is 10.6 Å². The van der Waals surface area contributed by atoms with Crippen molar-refractivity contribution in [2.45, 2.75) is 6.54 Å². The van der Waals surface area contributed by atoms with Crippen LogP contribution in [0.15, 0.2) is 48.5 Å². The predicted molar refractivity (Wildman–Crippen MR) is 95.3 cm³/mol. The number of rotatable bonds is 6. The molecule has 2 rings (SSSR count). The van der Waals surface area contributed by atoms with Crippen LogP contribution < -0.4 is 21.7 Å². The topological polar surface area (TPSA) is 113 Å². The lowest BCUT2D eigenvalue weighted by atomic mass is 10.1. The summed E-state index contributed by atoms with van der Waals surface area (Å²) in [5.74, 6) is -1.22. The molecule has 0 bridgehead atoms. The average molecular weight is 361 g/mol. The molecule has 0 aliphatic heterocycles. The zero-order valence-corrected chi connectivity index (χ0v) is 14.0. The van der Waals surface area contributed by atoms with Crippen LogP contribution in [-0.2, 0) is 11.3 Å². The molecule has 0 aliphatic carbocycles. The maximum Gasteiger partial charge on any atom is 0.321 e. The first-order chi connectivity index (χ1) is 12.0. The van der Waals surface area contributed by atoms with Gasteiger partial charge in [-0.05, 0) is 23.8 Å². The lowest BCUT2D eigenvalue weighted by Gasteiger charge is -2.11. The Labute approximate surface area is 149 Å². The van der Waals surface area contributed by atoms with E-state index in [1.807, 2.05) is 30.3 Å². The summed E-state index contributed by atoms with van der Waals surface area (Å²) in [4.78, 5) is 34.9. The van der Waals surface area contributed by atoms with E-state index in [-0.39, 0.29) is 12.1 Å². The normalized spacial score (nSPS) is 9.96. The number of nitrogens with one attached hydrogen (secondary N) is 3. The summed E-state index contributed by atoms with van der Waals surface area (Å²) in [5.41, 5.74) is 6.69. The SMILES string of the molecule is NC(=O)c1ccc(Cl)cc1NCC(=O)NC(=O)NCc1ccccc1. The van der Waals surface area contributed by atoms with Crippen LogP contribution in [0.25, 0.3) is 0 Å². The molecule has 0 aliphatic rings. The number of carbonyl (C=O) groups excluding carboxylic acids is 3. The van der Waals surface area contributed by atoms with Crippen molar-refractivity contribution in [3.05, 3.63) is 64.7 Å². The maximum absolute atomic E-state index is 11.8. The quantitative estimate of drug-likeness (QED) is 0.629. The van der Waals surface area contributed by atoms with Crippen molar-refractivity contribution in [3.8, 4) is 0 Å². The molecule has 0 radical (unpaired) electrons. The van der Waals surface area contributed by atoms with Crippen LogP contribution >= 0.6 is 11.6 Å². The fourth-order valence-electron chi connectivity index (χ4n) is 2.05. The van der Waals surface area contributed by atoms with E-state index in [4.69, 9.17) is 17.3 Å². The standard InChI is InChI=1S/C17H17ClN4O3/c18-12-6-7-13(16(19)24)14(8-12)20-10-15(23)22-17(25)21-9-11-4-2-1-3-5-11/h1-8,20H,9-10H2,(H2,19,24)(H2,21,22,23,25). The van der Waals surface area contributed by atoms with Gasteiger partial charge in [-0.25, -0.2) is 4.79 Å². The lowest BCUT2D eigenvalue weighted by molar-refractivity contribution is -0.118. The van der Waals surface area contributed by atoms with Gasteiger partial charge in [0.05, 0.1) is 12.1 Å². The summed E-state index contributed by atoms with van der Waals surface area (Å²) in [6, 6.07) is 13.1. The van der Waals surface area contributed by atoms with Gasteiger partial charge in [-0.2, -0.15) is 0 Å². The largest absolute Gasteiger partial charge is 0.375 e. The van der Waals surface area contributed by atoms with Crippen LogP contribution in [0.5, 0.6) is 0 Å². The van der Waals surface area contributed by atoms with Crippen molar-refractivity contribution < 1.29 is 14.4 Å². The van der Waals surface area contributed by atoms with Crippen LogP contribution in [0.2, 0.25) is 5.02 Å². The molecule has 5 N–H and O–H groups in total. The summed E-state index contributed by atoms with van der Waals surface area (Å²) in [7, 11) is 0. The molecule has 0 unspecified atom stereocenters. The Bertz CT molecular complexity index is 781. The molecule has 25 heavy (non-hydrogen) atoms. The van der Waals surface area contributed by atoms with E-state index >= 15 is 0 Å². The van der Waals surface area contributed by atoms with Gasteiger partial charge in [0.1, 0.15) is 0 Å². The Hall–Kier alpha value is -3.06. The van der Waals surface area contributed by atoms with E-state index in [0.29, 0.717) is 17.3 Å². The number of amides is 4. The summed E-state index contributed by atoms with van der Waals surface area (Å²) < 4.78 is 0. The van der Waals surface area contributed by atoms with Gasteiger partial charge < -0.3 is 16.4 Å². The third-order valence-electron chi connectivity index (χ3n) is 3.24. The molecule has 130 valence electrons. The number of carbonyl (C=O) groups is 3. The Balaban J connectivity index is 1.83. The molecule has 7 nitrogen and oxygen atoms in total. The third-order valence-corrected chi connectivity index (χ3v) is 3.47. The highest BCUT2D eigenvalue weighted by atomic mass is 35.5. The molecule has 0 aromatic heterocycles. The van der Waals surface area contributed by atoms with Gasteiger partial charge in [-0.3, -0.25) is 14.9 Å². The second-order valence-electron chi connectivity index (χ2n) is 5.12. The van der Waals surface area contributed by atoms with E-state index in [2.05, 4.69) is 16.0 Å². The van der Waals surface area contributed by atoms with Crippen LogP contribution in [0.1, 0.15) is 15.9 Å². The second-order valence-corrected chi connectivity index (χ2v) is 5.56. The van der Waals surface area contributed by atoms with Gasteiger partial charge in [-0.15, -0.1) is 0 Å². The monoisotopic (exact) mass is 360 g/mol. The summed E-state index contributed by atoms with van der Waals surface area (Å²) in [5, 5.41) is 7.88. The van der Waals surface area contributed by atoms with Crippen LogP contribution in [-0.4, -0.2) is 24.4 Å². The van der Waals surface area contributed by atoms with Gasteiger partial charge in [0.2, 0.25) is 5.91 Å². The minimum Gasteiger partial charge on any atom is -0.375 e. The smallest absolute Gasteiger partial charge is 0.321 e. The first kappa shape index (κ1) is 18.3. The summed E-state index contributed by atoms with van der Waals surface area (Å²) in [6.07, 6.45) is 0. The first-order valence-corrected chi connectivity index (χ1v) is 7.78. The number of hydrogen-bond acceptors (Lipinski definition) is 4. The second kappa shape index (κ2) is 8.70. The molecular weight excluding hydrogens is 344 g/mol. The van der Waals surface area contributed by atoms with Gasteiger partial charge >= 0.3 is 6.03 Å². The number of benzene rings is 2. The maximum atomic E-state index is 11.8. The predicted octanol–water partition coefficient (Wildman–Crippen LogP) is 1.88. The number of anilines is 1. The third kappa shape index (κ3) is 5.82. The van der Waals surface area contributed by atoms with Crippen LogP contribution in [0, 0.1) is 0 Å². The Kier molecular flexibility index (Phi) is 6.36. The molecule has 0 fully saturated rings. The minimum atomic E-state index is -0.653. The van der Waals surface area contributed by atoms with Gasteiger partial charge in [0, 0.05) is 17.3 Å². The Morgan fingerprint density at radius 3 is 2.44 bits per heavy atom. The molecule has 0 heterocycles. The zero-order valence-electron chi connectivity index (χ0n) is 13.2. The highest BCUT2D eigenvalue weighted by Crippen LogP contribution is 2.20. The Morgan fingerprint density at radius 1 is 1.04 bits per heavy atom. The fraction of sp³-hybridized carbons (Fsp3) is 0.118. The molecule has 0 saturated heterocycles. The molecule has 2 aromatic carbocycles. The van der Waals surface area contributed by atoms with Crippen LogP contribution in [0.3, 0.4) is 0 Å². The van der Waals surface area contributed by atoms with Gasteiger partial charge in [0.25, 0.3) is 5.91 Å². The summed E-state index contributed by atoms with van der Waals surface area (Å²) >= 11 is 5.86. The lowest BCUT2D eigenvalue weighted by Crippen LogP contribution is -2.41. The van der Waals surface area contributed by atoms with E-state index in [1.54, 1.807) is 0 Å². The molecule has 8 heteroatoms. The van der Waals surface area contributed by atoms with E-state index in [1.165, 1.54) is 18.2 Å². The number of imide groups is 1. The molecule has 0 atom stereocenters. The first-order valence-electron chi connectivity index (χ1n) is 7.40. The van der Waals surface area contributed by atoms with E-state index in [0.717, 1.165) is 5.56 Å². The van der Waals surface area contributed by atoms with E-state index < -0.39 is 17.8 Å². The van der Waals surface area contributed by atoms with Crippen molar-refractivity contribution in [2.75, 3.05) is 11.9 Å². The number of nitrogens with two attached hydrogens (primary N) is 1. The fourth-order valence-corrected chi connectivity index (χ4v) is 2.22. The zero-order chi connectivity index (χ0) is 18.2. The molecular formula is C17H17ClN4O3. The van der Waals surface area contributed by atoms with Crippen LogP contribution in [0.4, 0.5) is 10.5 Å². The van der Waals surface area contributed by atoms with Crippen molar-refractivity contribution >= 4 is 35.1 Å². The van der Waals surface area contributed by atoms with Crippen molar-refractivity contribution in [3.63, 3.8) is 0 Å². The van der Waals surface area contributed by atoms with Crippen molar-refractivity contribution in [2.24, 2.45) is 5.73 Å². The number of urea groups is 1. The molecule has 4 amide bonds. The number of halogens is 1. The van der Waals surface area contributed by atoms with Crippen molar-refractivity contribution in [1.29, 1.82) is 0 Å². The minimum absolute atomic E-state index is 0.200. The Morgan fingerprint density at radius 2 is 1.76 bits per heavy atom. The number of primary amides is 1.